The van der Waals surface area contributed by atoms with Crippen LogP contribution in [0, 0.1) is 19.3 Å². The molecule has 29 heavy (non-hydrogen) atoms. The summed E-state index contributed by atoms with van der Waals surface area (Å²) in [6.45, 7) is 1.63. The molecule has 0 aliphatic carbocycles. The van der Waals surface area contributed by atoms with Crippen LogP contribution in [-0.4, -0.2) is 58.4 Å². The zero-order chi connectivity index (χ0) is 21.3. The lowest BCUT2D eigenvalue weighted by Crippen LogP contribution is -2.29. The van der Waals surface area contributed by atoms with Crippen molar-refractivity contribution in [2.24, 2.45) is 0 Å². The number of aromatic carboxylic acids is 1. The second-order valence-corrected chi connectivity index (χ2v) is 8.25. The number of pyridine rings is 1. The highest BCUT2D eigenvalue weighted by atomic mass is 32.2. The topological polar surface area (TPSA) is 115 Å². The molecule has 1 N–H and O–H groups in total. The standard InChI is InChI=1S/C19H18N4O5S/c1-5-11-28-15-8-6-7-14-17(15)21-18(23(14)29(26,27)22(3)4)16-13(19(24)25)10-9-12(2)20-16/h1,6-10H,11H2,2-4H3,(H,24,25). The number of carbonyl (C=O) groups is 1. The summed E-state index contributed by atoms with van der Waals surface area (Å²) in [6, 6.07) is 7.64. The molecule has 0 saturated carbocycles. The Hall–Kier alpha value is -3.42. The molecular weight excluding hydrogens is 396 g/mol. The average molecular weight is 414 g/mol. The fourth-order valence-electron chi connectivity index (χ4n) is 2.73. The van der Waals surface area contributed by atoms with E-state index in [9.17, 15) is 18.3 Å². The van der Waals surface area contributed by atoms with Crippen LogP contribution in [-0.2, 0) is 10.2 Å². The molecule has 0 atom stereocenters. The third-order valence-electron chi connectivity index (χ3n) is 4.09. The van der Waals surface area contributed by atoms with Gasteiger partial charge in [-0.2, -0.15) is 12.7 Å². The molecule has 150 valence electrons. The van der Waals surface area contributed by atoms with Gasteiger partial charge in [-0.15, -0.1) is 6.42 Å². The van der Waals surface area contributed by atoms with Crippen molar-refractivity contribution in [1.82, 2.24) is 18.2 Å². The van der Waals surface area contributed by atoms with Gasteiger partial charge in [-0.25, -0.2) is 18.7 Å². The van der Waals surface area contributed by atoms with Crippen molar-refractivity contribution in [2.75, 3.05) is 20.7 Å². The van der Waals surface area contributed by atoms with Gasteiger partial charge in [-0.05, 0) is 31.2 Å². The fourth-order valence-corrected chi connectivity index (χ4v) is 3.80. The largest absolute Gasteiger partial charge is 0.479 e. The number of carboxylic acids is 1. The summed E-state index contributed by atoms with van der Waals surface area (Å²) in [5.74, 6) is 1.23. The molecule has 2 heterocycles. The molecule has 0 fully saturated rings. The lowest BCUT2D eigenvalue weighted by Gasteiger charge is -2.16. The summed E-state index contributed by atoms with van der Waals surface area (Å²) in [5, 5.41) is 9.58. The molecule has 0 aliphatic heterocycles. The van der Waals surface area contributed by atoms with Crippen molar-refractivity contribution in [3.8, 4) is 29.6 Å². The number of imidazole rings is 1. The van der Waals surface area contributed by atoms with Crippen LogP contribution < -0.4 is 4.74 Å². The van der Waals surface area contributed by atoms with Gasteiger partial charge in [0.05, 0.1) is 11.1 Å². The van der Waals surface area contributed by atoms with Gasteiger partial charge in [0, 0.05) is 19.8 Å². The Bertz CT molecular complexity index is 1260. The Morgan fingerprint density at radius 3 is 2.62 bits per heavy atom. The van der Waals surface area contributed by atoms with Crippen molar-refractivity contribution in [3.63, 3.8) is 0 Å². The van der Waals surface area contributed by atoms with Crippen LogP contribution in [0.1, 0.15) is 16.1 Å². The van der Waals surface area contributed by atoms with Gasteiger partial charge in [0.25, 0.3) is 0 Å². The Labute approximate surface area is 167 Å². The van der Waals surface area contributed by atoms with Gasteiger partial charge in [-0.1, -0.05) is 12.0 Å². The Kier molecular flexibility index (Phi) is 5.28. The highest BCUT2D eigenvalue weighted by molar-refractivity contribution is 7.87. The van der Waals surface area contributed by atoms with E-state index in [2.05, 4.69) is 15.9 Å². The number of fused-ring (bicyclic) bond motifs is 1. The fraction of sp³-hybridized carbons (Fsp3) is 0.211. The van der Waals surface area contributed by atoms with Gasteiger partial charge in [0.15, 0.2) is 5.82 Å². The summed E-state index contributed by atoms with van der Waals surface area (Å²) in [7, 11) is -1.34. The minimum Gasteiger partial charge on any atom is -0.479 e. The summed E-state index contributed by atoms with van der Waals surface area (Å²) in [5.41, 5.74) is 0.703. The lowest BCUT2D eigenvalue weighted by molar-refractivity contribution is 0.0697. The van der Waals surface area contributed by atoms with Crippen molar-refractivity contribution in [1.29, 1.82) is 0 Å². The average Bonchev–Trinajstić information content (AvgIpc) is 3.06. The van der Waals surface area contributed by atoms with Gasteiger partial charge >= 0.3 is 16.2 Å². The van der Waals surface area contributed by atoms with Gasteiger partial charge in [-0.3, -0.25) is 0 Å². The SMILES string of the molecule is C#CCOc1cccc2c1nc(-c1nc(C)ccc1C(=O)O)n2S(=O)(=O)N(C)C. The molecule has 0 unspecified atom stereocenters. The molecule has 0 saturated heterocycles. The highest BCUT2D eigenvalue weighted by Gasteiger charge is 2.29. The maximum absolute atomic E-state index is 13.1. The van der Waals surface area contributed by atoms with E-state index in [-0.39, 0.29) is 40.5 Å². The maximum Gasteiger partial charge on any atom is 0.338 e. The number of carboxylic acid groups (broad SMARTS) is 1. The minimum atomic E-state index is -4.07. The normalized spacial score (nSPS) is 11.6. The van der Waals surface area contributed by atoms with E-state index < -0.39 is 16.2 Å². The molecule has 0 aliphatic rings. The number of nitrogens with zero attached hydrogens (tertiary/aromatic N) is 4. The zero-order valence-corrected chi connectivity index (χ0v) is 16.8. The number of para-hydroxylation sites is 1. The molecule has 0 bridgehead atoms. The first-order chi connectivity index (χ1) is 13.7. The number of ether oxygens (including phenoxy) is 1. The predicted molar refractivity (Wildman–Crippen MR) is 107 cm³/mol. The van der Waals surface area contributed by atoms with E-state index in [1.807, 2.05) is 0 Å². The highest BCUT2D eigenvalue weighted by Crippen LogP contribution is 2.33. The molecule has 3 aromatic rings. The van der Waals surface area contributed by atoms with Crippen molar-refractivity contribution < 1.29 is 23.1 Å². The number of terminal acetylenes is 1. The van der Waals surface area contributed by atoms with Crippen LogP contribution in [0.2, 0.25) is 0 Å². The van der Waals surface area contributed by atoms with Crippen LogP contribution in [0.15, 0.2) is 30.3 Å². The number of aromatic nitrogens is 3. The molecule has 9 nitrogen and oxygen atoms in total. The number of hydrogen-bond acceptors (Lipinski definition) is 6. The molecule has 0 radical (unpaired) electrons. The summed E-state index contributed by atoms with van der Waals surface area (Å²) < 4.78 is 33.6. The maximum atomic E-state index is 13.1. The monoisotopic (exact) mass is 414 g/mol. The summed E-state index contributed by atoms with van der Waals surface area (Å²) in [4.78, 5) is 20.4. The van der Waals surface area contributed by atoms with Gasteiger partial charge < -0.3 is 9.84 Å². The first-order valence-corrected chi connectivity index (χ1v) is 9.80. The molecule has 0 amide bonds. The van der Waals surface area contributed by atoms with Gasteiger partial charge in [0.1, 0.15) is 23.6 Å². The second kappa shape index (κ2) is 7.54. The molecule has 0 spiro atoms. The Balaban J connectivity index is 2.46. The molecular formula is C19H18N4O5S. The van der Waals surface area contributed by atoms with Crippen LogP contribution in [0.4, 0.5) is 0 Å². The van der Waals surface area contributed by atoms with Gasteiger partial charge in [0.2, 0.25) is 0 Å². The first-order valence-electron chi connectivity index (χ1n) is 8.40. The lowest BCUT2D eigenvalue weighted by atomic mass is 10.1. The Morgan fingerprint density at radius 1 is 1.28 bits per heavy atom. The van der Waals surface area contributed by atoms with E-state index in [1.54, 1.807) is 25.1 Å². The molecule has 10 heteroatoms. The quantitative estimate of drug-likeness (QED) is 0.611. The number of rotatable bonds is 6. The van der Waals surface area contributed by atoms with Crippen LogP contribution in [0.3, 0.4) is 0 Å². The van der Waals surface area contributed by atoms with Crippen LogP contribution in [0.5, 0.6) is 5.75 Å². The second-order valence-electron chi connectivity index (χ2n) is 6.26. The number of aryl methyl sites for hydroxylation is 1. The first kappa shape index (κ1) is 20.3. The van der Waals surface area contributed by atoms with Crippen molar-refractivity contribution in [3.05, 3.63) is 41.6 Å². The summed E-state index contributed by atoms with van der Waals surface area (Å²) >= 11 is 0. The van der Waals surface area contributed by atoms with Crippen LogP contribution >= 0.6 is 0 Å². The zero-order valence-electron chi connectivity index (χ0n) is 15.9. The predicted octanol–water partition coefficient (Wildman–Crippen LogP) is 1.77. The van der Waals surface area contributed by atoms with Crippen LogP contribution in [0.25, 0.3) is 22.6 Å². The molecule has 3 rings (SSSR count). The molecule has 1 aromatic carbocycles. The van der Waals surface area contributed by atoms with E-state index in [0.717, 1.165) is 8.28 Å². The number of benzene rings is 1. The van der Waals surface area contributed by atoms with Crippen molar-refractivity contribution >= 4 is 27.2 Å². The third-order valence-corrected chi connectivity index (χ3v) is 5.84. The van der Waals surface area contributed by atoms with E-state index in [1.165, 1.54) is 26.2 Å². The Morgan fingerprint density at radius 2 is 2.00 bits per heavy atom. The number of hydrogen-bond donors (Lipinski definition) is 1. The van der Waals surface area contributed by atoms with Crippen molar-refractivity contribution in [2.45, 2.75) is 6.92 Å². The van der Waals surface area contributed by atoms with E-state index in [4.69, 9.17) is 11.2 Å². The van der Waals surface area contributed by atoms with E-state index in [0.29, 0.717) is 5.69 Å². The minimum absolute atomic E-state index is 0.0369. The summed E-state index contributed by atoms with van der Waals surface area (Å²) in [6.07, 6.45) is 5.25. The van der Waals surface area contributed by atoms with E-state index >= 15 is 0 Å². The third kappa shape index (κ3) is 3.53. The molecule has 2 aromatic heterocycles. The smallest absolute Gasteiger partial charge is 0.338 e.